The van der Waals surface area contributed by atoms with Gasteiger partial charge in [0, 0.05) is 45.8 Å². The summed E-state index contributed by atoms with van der Waals surface area (Å²) in [5.41, 5.74) is 8.80. The summed E-state index contributed by atoms with van der Waals surface area (Å²) in [5, 5.41) is 6.54. The zero-order valence-electron chi connectivity index (χ0n) is 41.2. The maximum atomic E-state index is 18.3. The van der Waals surface area contributed by atoms with Crippen molar-refractivity contribution < 1.29 is 42.4 Å². The van der Waals surface area contributed by atoms with E-state index in [0.717, 1.165) is 10.6 Å². The lowest BCUT2D eigenvalue weighted by molar-refractivity contribution is -0.114. The summed E-state index contributed by atoms with van der Waals surface area (Å²) in [7, 11) is 0. The second-order valence-electron chi connectivity index (χ2n) is 19.2. The Morgan fingerprint density at radius 1 is 0.725 bits per heavy atom. The van der Waals surface area contributed by atoms with E-state index in [-0.39, 0.29) is 46.0 Å². The fraction of sp³-hybridized carbons (Fsp3) is 0.121. The van der Waals surface area contributed by atoms with E-state index in [9.17, 15) is 9.59 Å². The van der Waals surface area contributed by atoms with Crippen LogP contribution in [0.5, 0.6) is 34.5 Å². The number of carbonyl (C=O) groups excluding carboxylic acids is 2. The molecule has 80 heavy (non-hydrogen) atoms. The Morgan fingerprint density at radius 3 is 2.46 bits per heavy atom. The van der Waals surface area contributed by atoms with Crippen LogP contribution in [0.1, 0.15) is 23.8 Å². The number of carbonyl (C=O) groups is 2. The van der Waals surface area contributed by atoms with Crippen molar-refractivity contribution in [1.29, 1.82) is 0 Å². The summed E-state index contributed by atoms with van der Waals surface area (Å²) >= 11 is 4.22. The number of amides is 2. The number of rotatable bonds is 7. The van der Waals surface area contributed by atoms with Crippen LogP contribution in [0.3, 0.4) is 0 Å². The molecule has 4 aromatic heterocycles. The molecule has 3 unspecified atom stereocenters. The molecule has 3 atom stereocenters. The number of anilines is 2. The van der Waals surface area contributed by atoms with Crippen molar-refractivity contribution in [1.82, 2.24) is 38.9 Å². The molecule has 9 aromatic rings. The van der Waals surface area contributed by atoms with E-state index in [4.69, 9.17) is 53.3 Å². The Morgan fingerprint density at radius 2 is 1.54 bits per heavy atom. The molecule has 7 aliphatic heterocycles. The van der Waals surface area contributed by atoms with Gasteiger partial charge in [-0.15, -0.1) is 11.8 Å². The number of para-hydroxylation sites is 2. The SMILES string of the molecule is O=C1CSc2ccc(C3Oc4ccc(-c5cc6[nH]c(C7Oc8c(-c9cnc%10c(c9)NC(=O)CS%10)n[c]c(-c9cnc%10ccccc%10n9)c8OC7C7=CC8=CNSN8C=C7)nc6c(F)c5-c5ccc6c(c5)OCCO6)cc4O3)cc2N1. The minimum atomic E-state index is -1.07. The molecule has 5 aromatic carbocycles. The molecule has 16 rings (SSSR count). The second-order valence-corrected chi connectivity index (χ2v) is 22.0. The molecule has 391 valence electrons. The number of thioether (sulfide) groups is 2. The van der Waals surface area contributed by atoms with E-state index in [1.807, 2.05) is 89.5 Å². The van der Waals surface area contributed by atoms with Crippen molar-refractivity contribution in [3.63, 3.8) is 0 Å². The van der Waals surface area contributed by atoms with Crippen LogP contribution in [0.25, 0.3) is 66.8 Å². The summed E-state index contributed by atoms with van der Waals surface area (Å²) in [6, 6.07) is 27.8. The van der Waals surface area contributed by atoms with Crippen molar-refractivity contribution in [3.8, 4) is 79.3 Å². The van der Waals surface area contributed by atoms with Gasteiger partial charge in [-0.2, -0.15) is 0 Å². The van der Waals surface area contributed by atoms with Gasteiger partial charge in [0.15, 0.2) is 58.3 Å². The number of pyridine rings is 2. The van der Waals surface area contributed by atoms with Gasteiger partial charge in [-0.25, -0.2) is 24.3 Å². The minimum Gasteiger partial charge on any atom is -0.486 e. The van der Waals surface area contributed by atoms with Gasteiger partial charge in [0.1, 0.15) is 35.6 Å². The Labute approximate surface area is 465 Å². The molecule has 7 aliphatic rings. The number of imidazole rings is 1. The first-order valence-corrected chi connectivity index (χ1v) is 28.0. The topological polar surface area (TPSA) is 209 Å². The number of H-pyrrole nitrogens is 1. The molecule has 0 fully saturated rings. The number of fused-ring (bicyclic) bond motifs is 8. The Balaban J connectivity index is 0.851. The van der Waals surface area contributed by atoms with Crippen molar-refractivity contribution >= 4 is 80.9 Å². The van der Waals surface area contributed by atoms with Crippen LogP contribution in [-0.4, -0.2) is 76.8 Å². The lowest BCUT2D eigenvalue weighted by Gasteiger charge is -2.36. The van der Waals surface area contributed by atoms with Gasteiger partial charge in [-0.05, 0) is 89.5 Å². The number of hydrogen-bond donors (Lipinski definition) is 4. The van der Waals surface area contributed by atoms with Gasteiger partial charge in [-0.3, -0.25) is 18.9 Å². The first kappa shape index (κ1) is 46.8. The molecular weight excluding hydrogens is 1080 g/mol. The number of hydrogen-bond acceptors (Lipinski definition) is 18. The molecule has 0 saturated carbocycles. The van der Waals surface area contributed by atoms with Gasteiger partial charge in [0.2, 0.25) is 11.8 Å². The molecule has 1 radical (unpaired) electrons. The van der Waals surface area contributed by atoms with E-state index < -0.39 is 24.3 Å². The number of allylic oxidation sites excluding steroid dienone is 1. The highest BCUT2D eigenvalue weighted by Gasteiger charge is 2.42. The molecule has 2 amide bonds. The van der Waals surface area contributed by atoms with Crippen LogP contribution in [0.2, 0.25) is 0 Å². The predicted octanol–water partition coefficient (Wildman–Crippen LogP) is 10.9. The number of benzene rings is 5. The summed E-state index contributed by atoms with van der Waals surface area (Å²) in [6.07, 6.45) is 11.5. The van der Waals surface area contributed by atoms with Crippen molar-refractivity contribution in [2.24, 2.45) is 0 Å². The number of ether oxygens (including phenoxy) is 6. The monoisotopic (exact) mass is 1120 g/mol. The predicted molar refractivity (Wildman–Crippen MR) is 298 cm³/mol. The van der Waals surface area contributed by atoms with Crippen molar-refractivity contribution in [2.45, 2.75) is 28.4 Å². The summed E-state index contributed by atoms with van der Waals surface area (Å²) < 4.78 is 62.7. The van der Waals surface area contributed by atoms with E-state index in [0.29, 0.717) is 125 Å². The second kappa shape index (κ2) is 18.4. The van der Waals surface area contributed by atoms with E-state index in [1.165, 1.54) is 35.7 Å². The standard InChI is InChI=1S/C58H36FN10O8S3/c59-49-48(28-6-8-41-43(19-28)73-14-13-72-41)33(27-5-9-42-44(18-27)75-58(74-42)30-7-10-45-37(16-30)65-46(70)25-78-45)20-38-51(49)68-56(67-38)55-52(29-11-12-69-32(15-29)22-63-80-69)76-53-34(40-24-60-35-3-1-2-4-36(35)64-40)23-61-50(54(53)77-55)31-17-39-57(62-21-31)79-26-47(71)66-39/h1-12,15-22,24,52,55,58,63H,13-14,25-26H2,(H,65,70)(H,66,71)(H,67,68). The lowest BCUT2D eigenvalue weighted by Crippen LogP contribution is -2.36. The van der Waals surface area contributed by atoms with Gasteiger partial charge in [-0.1, -0.05) is 42.1 Å². The van der Waals surface area contributed by atoms with Gasteiger partial charge in [0.25, 0.3) is 6.29 Å². The van der Waals surface area contributed by atoms with Crippen LogP contribution in [0.4, 0.5) is 15.8 Å². The fourth-order valence-electron chi connectivity index (χ4n) is 10.5. The summed E-state index contributed by atoms with van der Waals surface area (Å²) in [4.78, 5) is 53.7. The van der Waals surface area contributed by atoms with Crippen molar-refractivity contribution in [2.75, 3.05) is 35.4 Å². The lowest BCUT2D eigenvalue weighted by atomic mass is 9.92. The highest BCUT2D eigenvalue weighted by molar-refractivity contribution is 8.00. The van der Waals surface area contributed by atoms with E-state index >= 15 is 4.39 Å². The third-order valence-electron chi connectivity index (χ3n) is 14.3. The molecule has 22 heteroatoms. The third-order valence-corrected chi connectivity index (χ3v) is 17.1. The number of halogens is 1. The van der Waals surface area contributed by atoms with Crippen LogP contribution in [-0.2, 0) is 9.59 Å². The zero-order chi connectivity index (χ0) is 53.2. The minimum absolute atomic E-state index is 0.0395. The van der Waals surface area contributed by atoms with Crippen LogP contribution in [0.15, 0.2) is 149 Å². The normalized spacial score (nSPS) is 19.1. The van der Waals surface area contributed by atoms with E-state index in [1.54, 1.807) is 42.7 Å². The maximum absolute atomic E-state index is 18.3. The summed E-state index contributed by atoms with van der Waals surface area (Å²) in [6.45, 7) is 0.722. The number of nitrogens with zero attached hydrogens (tertiary/aromatic N) is 6. The van der Waals surface area contributed by atoms with Crippen LogP contribution >= 0.6 is 35.7 Å². The number of aromatic nitrogens is 6. The van der Waals surface area contributed by atoms with Crippen LogP contribution < -0.4 is 43.8 Å². The summed E-state index contributed by atoms with van der Waals surface area (Å²) in [5.74, 6) is 2.44. The van der Waals surface area contributed by atoms with Gasteiger partial charge >= 0.3 is 0 Å². The Hall–Kier alpha value is -9.25. The number of nitrogens with one attached hydrogen (secondary N) is 4. The van der Waals surface area contributed by atoms with Gasteiger partial charge in [0.05, 0.1) is 74.7 Å². The quantitative estimate of drug-likeness (QED) is 0.109. The molecule has 11 heterocycles. The van der Waals surface area contributed by atoms with E-state index in [2.05, 4.69) is 26.5 Å². The Kier molecular flexibility index (Phi) is 10.8. The van der Waals surface area contributed by atoms with Gasteiger partial charge < -0.3 is 48.8 Å². The molecule has 18 nitrogen and oxygen atoms in total. The molecular formula is C58H36FN10O8S3. The molecule has 0 saturated heterocycles. The zero-order valence-corrected chi connectivity index (χ0v) is 43.7. The Bertz CT molecular complexity index is 4310. The van der Waals surface area contributed by atoms with Crippen molar-refractivity contribution in [3.05, 3.63) is 163 Å². The molecule has 0 bridgehead atoms. The maximum Gasteiger partial charge on any atom is 0.268 e. The first-order chi connectivity index (χ1) is 39.3. The third kappa shape index (κ3) is 7.91. The average molecular weight is 1120 g/mol. The fourth-order valence-corrected chi connectivity index (χ4v) is 12.7. The first-order valence-electron chi connectivity index (χ1n) is 25.2. The molecule has 0 aliphatic carbocycles. The molecule has 4 N–H and O–H groups in total. The highest BCUT2D eigenvalue weighted by Crippen LogP contribution is 2.53. The number of aromatic amines is 1. The highest BCUT2D eigenvalue weighted by atomic mass is 32.2. The van der Waals surface area contributed by atoms with Crippen LogP contribution in [0, 0.1) is 12.0 Å². The average Bonchev–Trinajstić information content (AvgIpc) is 4.43. The smallest absolute Gasteiger partial charge is 0.268 e. The largest absolute Gasteiger partial charge is 0.486 e. The molecule has 0 spiro atoms.